The van der Waals surface area contributed by atoms with E-state index in [1.54, 1.807) is 0 Å². The Labute approximate surface area is 123 Å². The molecular weight excluding hydrogens is 250 g/mol. The Kier molecular flexibility index (Phi) is 5.44. The van der Waals surface area contributed by atoms with Crippen molar-refractivity contribution < 1.29 is 4.79 Å². The Morgan fingerprint density at radius 1 is 1.25 bits per heavy atom. The zero-order valence-electron chi connectivity index (χ0n) is 13.3. The van der Waals surface area contributed by atoms with Gasteiger partial charge < -0.3 is 10.6 Å². The smallest absolute Gasteiger partial charge is 0.225 e. The van der Waals surface area contributed by atoms with Crippen molar-refractivity contribution in [3.05, 3.63) is 0 Å². The van der Waals surface area contributed by atoms with Crippen molar-refractivity contribution in [1.29, 1.82) is 0 Å². The number of carbonyl (C=O) groups is 1. The predicted molar refractivity (Wildman–Crippen MR) is 82.4 cm³/mol. The monoisotopic (exact) mass is 281 g/mol. The van der Waals surface area contributed by atoms with E-state index < -0.39 is 0 Å². The van der Waals surface area contributed by atoms with Crippen molar-refractivity contribution >= 4 is 5.91 Å². The Hall–Kier alpha value is -0.610. The second-order valence-corrected chi connectivity index (χ2v) is 6.72. The van der Waals surface area contributed by atoms with Gasteiger partial charge in [-0.1, -0.05) is 20.8 Å². The molecule has 1 aliphatic heterocycles. The summed E-state index contributed by atoms with van der Waals surface area (Å²) < 4.78 is 0. The minimum absolute atomic E-state index is 0.171. The molecule has 0 bridgehead atoms. The number of likely N-dealkylation sites (tertiary alicyclic amines) is 1. The van der Waals surface area contributed by atoms with Crippen LogP contribution in [0.5, 0.6) is 0 Å². The SMILES string of the molecule is CCN(CC)C1CCN(C(=O)C2CC(C)CC(N)C2)C1. The van der Waals surface area contributed by atoms with E-state index in [4.69, 9.17) is 5.73 Å². The molecule has 0 aromatic carbocycles. The zero-order chi connectivity index (χ0) is 14.7. The minimum Gasteiger partial charge on any atom is -0.341 e. The number of rotatable bonds is 4. The number of hydrogen-bond acceptors (Lipinski definition) is 3. The van der Waals surface area contributed by atoms with Crippen molar-refractivity contribution in [3.63, 3.8) is 0 Å². The summed E-state index contributed by atoms with van der Waals surface area (Å²) in [6, 6.07) is 0.775. The summed E-state index contributed by atoms with van der Waals surface area (Å²) in [5.74, 6) is 1.12. The summed E-state index contributed by atoms with van der Waals surface area (Å²) in [6.07, 6.45) is 4.11. The van der Waals surface area contributed by atoms with E-state index in [1.807, 2.05) is 0 Å². The molecule has 4 heteroatoms. The predicted octanol–water partition coefficient (Wildman–Crippen LogP) is 1.69. The van der Waals surface area contributed by atoms with E-state index in [1.165, 1.54) is 0 Å². The van der Waals surface area contributed by atoms with Gasteiger partial charge in [-0.15, -0.1) is 0 Å². The lowest BCUT2D eigenvalue weighted by Crippen LogP contribution is -2.43. The van der Waals surface area contributed by atoms with Crippen LogP contribution in [0.1, 0.15) is 46.5 Å². The molecule has 4 unspecified atom stereocenters. The van der Waals surface area contributed by atoms with E-state index in [2.05, 4.69) is 30.6 Å². The van der Waals surface area contributed by atoms with Gasteiger partial charge in [0.05, 0.1) is 0 Å². The molecule has 1 saturated carbocycles. The Balaban J connectivity index is 1.90. The molecule has 116 valence electrons. The molecule has 2 rings (SSSR count). The van der Waals surface area contributed by atoms with Gasteiger partial charge in [0.1, 0.15) is 0 Å². The van der Waals surface area contributed by atoms with E-state index in [0.717, 1.165) is 51.9 Å². The summed E-state index contributed by atoms with van der Waals surface area (Å²) in [4.78, 5) is 17.3. The van der Waals surface area contributed by atoms with Crippen molar-refractivity contribution in [3.8, 4) is 0 Å². The summed E-state index contributed by atoms with van der Waals surface area (Å²) in [5.41, 5.74) is 6.09. The second kappa shape index (κ2) is 6.90. The molecule has 1 saturated heterocycles. The third-order valence-electron chi connectivity index (χ3n) is 5.13. The molecule has 0 aromatic rings. The first-order chi connectivity index (χ1) is 9.55. The van der Waals surface area contributed by atoms with Gasteiger partial charge in [0.15, 0.2) is 0 Å². The molecular formula is C16H31N3O. The zero-order valence-corrected chi connectivity index (χ0v) is 13.3. The Morgan fingerprint density at radius 2 is 1.95 bits per heavy atom. The normalized spacial score (nSPS) is 34.8. The number of carbonyl (C=O) groups excluding carboxylic acids is 1. The van der Waals surface area contributed by atoms with Gasteiger partial charge in [-0.25, -0.2) is 0 Å². The van der Waals surface area contributed by atoms with Crippen LogP contribution >= 0.6 is 0 Å². The van der Waals surface area contributed by atoms with Crippen LogP contribution in [0.25, 0.3) is 0 Å². The lowest BCUT2D eigenvalue weighted by atomic mass is 9.79. The summed E-state index contributed by atoms with van der Waals surface area (Å²) in [7, 11) is 0. The first kappa shape index (κ1) is 15.8. The van der Waals surface area contributed by atoms with Crippen LogP contribution in [0.3, 0.4) is 0 Å². The fraction of sp³-hybridized carbons (Fsp3) is 0.938. The fourth-order valence-corrected chi connectivity index (χ4v) is 4.10. The van der Waals surface area contributed by atoms with E-state index >= 15 is 0 Å². The molecule has 2 aliphatic rings. The van der Waals surface area contributed by atoms with Crippen LogP contribution in [0.4, 0.5) is 0 Å². The maximum Gasteiger partial charge on any atom is 0.225 e. The van der Waals surface area contributed by atoms with E-state index in [0.29, 0.717) is 17.9 Å². The van der Waals surface area contributed by atoms with Gasteiger partial charge in [0, 0.05) is 31.1 Å². The van der Waals surface area contributed by atoms with Gasteiger partial charge in [-0.3, -0.25) is 9.69 Å². The quantitative estimate of drug-likeness (QED) is 0.853. The topological polar surface area (TPSA) is 49.6 Å². The third-order valence-corrected chi connectivity index (χ3v) is 5.13. The van der Waals surface area contributed by atoms with Crippen molar-refractivity contribution in [1.82, 2.24) is 9.80 Å². The average Bonchev–Trinajstić information content (AvgIpc) is 2.88. The highest BCUT2D eigenvalue weighted by atomic mass is 16.2. The molecule has 1 amide bonds. The summed E-state index contributed by atoms with van der Waals surface area (Å²) in [5, 5.41) is 0. The molecule has 0 aromatic heterocycles. The van der Waals surface area contributed by atoms with Crippen molar-refractivity contribution in [2.75, 3.05) is 26.2 Å². The van der Waals surface area contributed by atoms with Crippen LogP contribution in [-0.2, 0) is 4.79 Å². The van der Waals surface area contributed by atoms with Gasteiger partial charge in [-0.2, -0.15) is 0 Å². The lowest BCUT2D eigenvalue weighted by molar-refractivity contribution is -0.136. The van der Waals surface area contributed by atoms with Crippen LogP contribution < -0.4 is 5.73 Å². The van der Waals surface area contributed by atoms with E-state index in [9.17, 15) is 4.79 Å². The molecule has 4 nitrogen and oxygen atoms in total. The average molecular weight is 281 g/mol. The van der Waals surface area contributed by atoms with Crippen LogP contribution in [0, 0.1) is 11.8 Å². The molecule has 2 N–H and O–H groups in total. The molecule has 2 fully saturated rings. The number of likely N-dealkylation sites (N-methyl/N-ethyl adjacent to an activating group) is 1. The number of hydrogen-bond donors (Lipinski definition) is 1. The largest absolute Gasteiger partial charge is 0.341 e. The number of amides is 1. The maximum absolute atomic E-state index is 12.7. The molecule has 20 heavy (non-hydrogen) atoms. The molecule has 4 atom stereocenters. The van der Waals surface area contributed by atoms with Crippen LogP contribution in [-0.4, -0.2) is 54.0 Å². The van der Waals surface area contributed by atoms with Crippen LogP contribution in [0.15, 0.2) is 0 Å². The number of nitrogens with two attached hydrogens (primary N) is 1. The van der Waals surface area contributed by atoms with Crippen molar-refractivity contribution in [2.45, 2.75) is 58.5 Å². The summed E-state index contributed by atoms with van der Waals surface area (Å²) >= 11 is 0. The minimum atomic E-state index is 0.171. The first-order valence-electron chi connectivity index (χ1n) is 8.33. The van der Waals surface area contributed by atoms with Gasteiger partial charge in [-0.05, 0) is 44.7 Å². The molecule has 0 spiro atoms. The lowest BCUT2D eigenvalue weighted by Gasteiger charge is -2.33. The first-order valence-corrected chi connectivity index (χ1v) is 8.33. The van der Waals surface area contributed by atoms with E-state index in [-0.39, 0.29) is 12.0 Å². The molecule has 0 radical (unpaired) electrons. The standard InChI is InChI=1S/C16H31N3O/c1-4-18(5-2)15-6-7-19(11-15)16(20)13-8-12(3)9-14(17)10-13/h12-15H,4-11,17H2,1-3H3. The highest BCUT2D eigenvalue weighted by Gasteiger charge is 2.35. The van der Waals surface area contributed by atoms with Crippen LogP contribution in [0.2, 0.25) is 0 Å². The van der Waals surface area contributed by atoms with Crippen molar-refractivity contribution in [2.24, 2.45) is 17.6 Å². The Bertz CT molecular complexity index is 320. The Morgan fingerprint density at radius 3 is 2.55 bits per heavy atom. The fourth-order valence-electron chi connectivity index (χ4n) is 4.10. The highest BCUT2D eigenvalue weighted by molar-refractivity contribution is 5.79. The van der Waals surface area contributed by atoms with Gasteiger partial charge in [0.2, 0.25) is 5.91 Å². The van der Waals surface area contributed by atoms with Gasteiger partial charge in [0.25, 0.3) is 0 Å². The summed E-state index contributed by atoms with van der Waals surface area (Å²) in [6.45, 7) is 10.6. The molecule has 1 heterocycles. The third kappa shape index (κ3) is 3.53. The maximum atomic E-state index is 12.7. The highest BCUT2D eigenvalue weighted by Crippen LogP contribution is 2.30. The van der Waals surface area contributed by atoms with Gasteiger partial charge >= 0.3 is 0 Å². The number of nitrogens with zero attached hydrogens (tertiary/aromatic N) is 2. The molecule has 1 aliphatic carbocycles. The second-order valence-electron chi connectivity index (χ2n) is 6.72.